The lowest BCUT2D eigenvalue weighted by atomic mass is 9.67. The van der Waals surface area contributed by atoms with Crippen LogP contribution in [0.2, 0.25) is 5.02 Å². The Balaban J connectivity index is 1.98. The number of rotatable bonds is 2. The van der Waals surface area contributed by atoms with Gasteiger partial charge in [-0.15, -0.1) is 0 Å². The molecule has 1 aliphatic carbocycles. The molecule has 0 bridgehead atoms. The molecule has 2 aliphatic rings. The summed E-state index contributed by atoms with van der Waals surface area (Å²) in [7, 11) is 0. The van der Waals surface area contributed by atoms with E-state index in [0.29, 0.717) is 34.7 Å². The van der Waals surface area contributed by atoms with Gasteiger partial charge in [0.15, 0.2) is 6.29 Å². The van der Waals surface area contributed by atoms with Crippen LogP contribution >= 0.6 is 11.6 Å². The van der Waals surface area contributed by atoms with Gasteiger partial charge in [-0.05, 0) is 35.8 Å². The fourth-order valence-corrected chi connectivity index (χ4v) is 4.35. The van der Waals surface area contributed by atoms with Crippen LogP contribution in [0.1, 0.15) is 44.5 Å². The Labute approximate surface area is 154 Å². The highest BCUT2D eigenvalue weighted by atomic mass is 35.5. The van der Waals surface area contributed by atoms with Crippen LogP contribution in [-0.2, 0) is 4.79 Å². The summed E-state index contributed by atoms with van der Waals surface area (Å²) >= 11 is 6.13. The van der Waals surface area contributed by atoms with E-state index < -0.39 is 0 Å². The van der Waals surface area contributed by atoms with E-state index in [1.54, 1.807) is 23.1 Å². The van der Waals surface area contributed by atoms with E-state index in [-0.39, 0.29) is 11.3 Å². The zero-order chi connectivity index (χ0) is 18.4. The van der Waals surface area contributed by atoms with Crippen LogP contribution in [0.3, 0.4) is 0 Å². The highest BCUT2D eigenvalue weighted by Gasteiger charge is 2.38. The smallest absolute Gasteiger partial charge is 0.258 e. The molecule has 25 heavy (non-hydrogen) atoms. The summed E-state index contributed by atoms with van der Waals surface area (Å²) in [6.45, 7) is 9.51. The number of allylic oxidation sites excluding steroid dienone is 1. The maximum absolute atomic E-state index is 13.1. The first-order valence-electron chi connectivity index (χ1n) is 8.72. The SMILES string of the molecule is CC1C2=C(C=CC1C(C)(C)C)C(=O)N(c1cccc(Cl)c1C=O)CC2. The summed E-state index contributed by atoms with van der Waals surface area (Å²) in [5, 5.41) is 0.375. The van der Waals surface area contributed by atoms with Crippen molar-refractivity contribution in [1.29, 1.82) is 0 Å². The second-order valence-corrected chi connectivity index (χ2v) is 8.38. The van der Waals surface area contributed by atoms with Crippen molar-refractivity contribution in [3.05, 3.63) is 52.1 Å². The van der Waals surface area contributed by atoms with E-state index in [4.69, 9.17) is 11.6 Å². The topological polar surface area (TPSA) is 37.4 Å². The number of hydrogen-bond donors (Lipinski definition) is 0. The van der Waals surface area contributed by atoms with Crippen LogP contribution < -0.4 is 4.90 Å². The predicted octanol–water partition coefficient (Wildman–Crippen LogP) is 5.05. The molecule has 0 fully saturated rings. The van der Waals surface area contributed by atoms with E-state index in [2.05, 4.69) is 33.8 Å². The van der Waals surface area contributed by atoms with Crippen molar-refractivity contribution in [2.75, 3.05) is 11.4 Å². The molecule has 0 spiro atoms. The van der Waals surface area contributed by atoms with Crippen LogP contribution in [0.25, 0.3) is 0 Å². The lowest BCUT2D eigenvalue weighted by Gasteiger charge is -2.41. The highest BCUT2D eigenvalue weighted by Crippen LogP contribution is 2.44. The number of amides is 1. The van der Waals surface area contributed by atoms with Gasteiger partial charge in [0, 0.05) is 12.1 Å². The van der Waals surface area contributed by atoms with Gasteiger partial charge in [-0.3, -0.25) is 9.59 Å². The summed E-state index contributed by atoms with van der Waals surface area (Å²) < 4.78 is 0. The first-order chi connectivity index (χ1) is 11.8. The molecule has 2 atom stereocenters. The zero-order valence-corrected chi connectivity index (χ0v) is 15.9. The van der Waals surface area contributed by atoms with Crippen molar-refractivity contribution in [3.63, 3.8) is 0 Å². The molecule has 0 N–H and O–H groups in total. The monoisotopic (exact) mass is 357 g/mol. The van der Waals surface area contributed by atoms with Crippen molar-refractivity contribution in [2.45, 2.75) is 34.1 Å². The maximum Gasteiger partial charge on any atom is 0.258 e. The van der Waals surface area contributed by atoms with Crippen molar-refractivity contribution in [2.24, 2.45) is 17.3 Å². The molecule has 0 aromatic heterocycles. The van der Waals surface area contributed by atoms with Gasteiger partial charge in [0.2, 0.25) is 0 Å². The van der Waals surface area contributed by atoms with Crippen molar-refractivity contribution < 1.29 is 9.59 Å². The molecule has 3 rings (SSSR count). The minimum absolute atomic E-state index is 0.0397. The number of hydrogen-bond acceptors (Lipinski definition) is 2. The maximum atomic E-state index is 13.1. The molecular formula is C21H24ClNO2. The molecule has 1 aromatic rings. The average Bonchev–Trinajstić information content (AvgIpc) is 2.54. The van der Waals surface area contributed by atoms with Gasteiger partial charge in [-0.2, -0.15) is 0 Å². The largest absolute Gasteiger partial charge is 0.307 e. The third kappa shape index (κ3) is 3.06. The Morgan fingerprint density at radius 2 is 2.00 bits per heavy atom. The normalized spacial score (nSPS) is 23.7. The van der Waals surface area contributed by atoms with Gasteiger partial charge in [0.25, 0.3) is 5.91 Å². The van der Waals surface area contributed by atoms with Crippen molar-refractivity contribution >= 4 is 29.5 Å². The Bertz CT molecular complexity index is 786. The van der Waals surface area contributed by atoms with Gasteiger partial charge in [0.1, 0.15) is 0 Å². The minimum Gasteiger partial charge on any atom is -0.307 e. The first-order valence-corrected chi connectivity index (χ1v) is 9.10. The predicted molar refractivity (Wildman–Crippen MR) is 102 cm³/mol. The first kappa shape index (κ1) is 17.9. The van der Waals surface area contributed by atoms with E-state index in [9.17, 15) is 9.59 Å². The Morgan fingerprint density at radius 3 is 2.64 bits per heavy atom. The van der Waals surface area contributed by atoms with Gasteiger partial charge < -0.3 is 4.90 Å². The number of anilines is 1. The molecule has 0 radical (unpaired) electrons. The molecule has 0 saturated carbocycles. The van der Waals surface area contributed by atoms with Gasteiger partial charge >= 0.3 is 0 Å². The van der Waals surface area contributed by atoms with E-state index >= 15 is 0 Å². The van der Waals surface area contributed by atoms with Crippen LogP contribution in [-0.4, -0.2) is 18.7 Å². The standard InChI is InChI=1S/C21H24ClNO2/c1-13-14-10-11-23(19-7-5-6-18(22)16(19)12-24)20(25)15(14)8-9-17(13)21(2,3)4/h5-9,12-13,17H,10-11H2,1-4H3. The third-order valence-electron chi connectivity index (χ3n) is 5.42. The van der Waals surface area contributed by atoms with Crippen molar-refractivity contribution in [3.8, 4) is 0 Å². The number of nitrogens with zero attached hydrogens (tertiary/aromatic N) is 1. The zero-order valence-electron chi connectivity index (χ0n) is 15.2. The van der Waals surface area contributed by atoms with Crippen LogP contribution in [0.15, 0.2) is 41.5 Å². The lowest BCUT2D eigenvalue weighted by Crippen LogP contribution is -2.41. The molecular weight excluding hydrogens is 334 g/mol. The number of aldehydes is 1. The minimum atomic E-state index is -0.0397. The summed E-state index contributed by atoms with van der Waals surface area (Å²) in [4.78, 5) is 26.2. The number of carbonyl (C=O) groups excluding carboxylic acids is 2. The summed E-state index contributed by atoms with van der Waals surface area (Å²) in [6, 6.07) is 5.23. The molecule has 0 saturated heterocycles. The summed E-state index contributed by atoms with van der Waals surface area (Å²) in [5.74, 6) is 0.723. The van der Waals surface area contributed by atoms with Crippen molar-refractivity contribution in [1.82, 2.24) is 0 Å². The average molecular weight is 358 g/mol. The molecule has 3 nitrogen and oxygen atoms in total. The van der Waals surface area contributed by atoms with Gasteiger partial charge in [-0.1, -0.05) is 63.1 Å². The number of carbonyl (C=O) groups is 2. The van der Waals surface area contributed by atoms with E-state index in [1.165, 1.54) is 5.57 Å². The highest BCUT2D eigenvalue weighted by molar-refractivity contribution is 6.33. The Kier molecular flexibility index (Phi) is 4.63. The summed E-state index contributed by atoms with van der Waals surface area (Å²) in [6.07, 6.45) is 5.70. The van der Waals surface area contributed by atoms with Crippen LogP contribution in [0.4, 0.5) is 5.69 Å². The fraction of sp³-hybridized carbons (Fsp3) is 0.429. The van der Waals surface area contributed by atoms with E-state index in [1.807, 2.05) is 6.08 Å². The summed E-state index contributed by atoms with van der Waals surface area (Å²) in [5.41, 5.74) is 3.14. The number of benzene rings is 1. The van der Waals surface area contributed by atoms with E-state index in [0.717, 1.165) is 18.3 Å². The van der Waals surface area contributed by atoms with Gasteiger partial charge in [-0.25, -0.2) is 0 Å². The van der Waals surface area contributed by atoms with Crippen LogP contribution in [0.5, 0.6) is 0 Å². The molecule has 1 heterocycles. The van der Waals surface area contributed by atoms with Crippen LogP contribution in [0, 0.1) is 17.3 Å². The lowest BCUT2D eigenvalue weighted by molar-refractivity contribution is -0.115. The molecule has 1 amide bonds. The molecule has 132 valence electrons. The Morgan fingerprint density at radius 1 is 1.28 bits per heavy atom. The number of halogens is 1. The van der Waals surface area contributed by atoms with Gasteiger partial charge in [0.05, 0.1) is 16.3 Å². The molecule has 1 aromatic carbocycles. The molecule has 4 heteroatoms. The second-order valence-electron chi connectivity index (χ2n) is 7.98. The fourth-order valence-electron chi connectivity index (χ4n) is 4.13. The molecule has 2 unspecified atom stereocenters. The third-order valence-corrected chi connectivity index (χ3v) is 5.75. The second kappa shape index (κ2) is 6.45. The quantitative estimate of drug-likeness (QED) is 0.694. The molecule has 1 aliphatic heterocycles. The Hall–Kier alpha value is -1.87.